The molecule has 0 aliphatic heterocycles. The summed E-state index contributed by atoms with van der Waals surface area (Å²) in [5.74, 6) is 7.19. The quantitative estimate of drug-likeness (QED) is 0.858. The van der Waals surface area contributed by atoms with E-state index in [-0.39, 0.29) is 0 Å². The fraction of sp³-hybridized carbons (Fsp3) is 0.438. The zero-order chi connectivity index (χ0) is 14.7. The number of nitrogen functional groups attached to an aromatic ring is 1. The van der Waals surface area contributed by atoms with Crippen molar-refractivity contribution in [2.75, 3.05) is 13.0 Å². The molecule has 2 aromatic rings. The van der Waals surface area contributed by atoms with E-state index in [9.17, 15) is 0 Å². The molecule has 1 saturated carbocycles. The van der Waals surface area contributed by atoms with Gasteiger partial charge in [0.15, 0.2) is 11.5 Å². The molecule has 21 heavy (non-hydrogen) atoms. The molecule has 0 amide bonds. The smallest absolute Gasteiger partial charge is 0.161 e. The van der Waals surface area contributed by atoms with Crippen molar-refractivity contribution >= 4 is 0 Å². The van der Waals surface area contributed by atoms with Gasteiger partial charge in [0.25, 0.3) is 0 Å². The number of aromatic nitrogens is 2. The van der Waals surface area contributed by atoms with Crippen LogP contribution in [0.4, 0.5) is 0 Å². The third kappa shape index (κ3) is 3.29. The summed E-state index contributed by atoms with van der Waals surface area (Å²) in [6.45, 7) is 0. The van der Waals surface area contributed by atoms with E-state index in [1.165, 1.54) is 17.6 Å². The predicted octanol–water partition coefficient (Wildman–Crippen LogP) is 2.52. The lowest BCUT2D eigenvalue weighted by atomic mass is 10.1. The molecular weight excluding hydrogens is 266 g/mol. The van der Waals surface area contributed by atoms with E-state index in [1.807, 2.05) is 24.3 Å². The van der Waals surface area contributed by atoms with E-state index in [2.05, 4.69) is 5.10 Å². The molecule has 1 aliphatic rings. The van der Waals surface area contributed by atoms with Crippen LogP contribution in [0.25, 0.3) is 0 Å². The summed E-state index contributed by atoms with van der Waals surface area (Å²) in [7, 11) is 1.67. The molecular formula is C16H21N3O2. The molecule has 5 heteroatoms. The van der Waals surface area contributed by atoms with Crippen molar-refractivity contribution < 1.29 is 9.47 Å². The maximum atomic E-state index is 6.11. The van der Waals surface area contributed by atoms with Crippen molar-refractivity contribution in [2.45, 2.75) is 38.2 Å². The lowest BCUT2D eigenvalue weighted by Crippen LogP contribution is -2.12. The van der Waals surface area contributed by atoms with Crippen LogP contribution in [0.3, 0.4) is 0 Å². The van der Waals surface area contributed by atoms with E-state index in [4.69, 9.17) is 15.3 Å². The molecule has 0 atom stereocenters. The van der Waals surface area contributed by atoms with Gasteiger partial charge in [0.05, 0.1) is 18.9 Å². The van der Waals surface area contributed by atoms with Crippen LogP contribution in [0.5, 0.6) is 11.5 Å². The van der Waals surface area contributed by atoms with E-state index in [0.717, 1.165) is 42.0 Å². The molecule has 0 spiro atoms. The van der Waals surface area contributed by atoms with Crippen LogP contribution < -0.4 is 15.3 Å². The van der Waals surface area contributed by atoms with Crippen molar-refractivity contribution in [3.05, 3.63) is 41.7 Å². The first-order chi connectivity index (χ1) is 10.2. The normalized spacial score (nSPS) is 15.3. The van der Waals surface area contributed by atoms with Gasteiger partial charge in [-0.1, -0.05) is 6.07 Å². The molecule has 0 radical (unpaired) electrons. The fourth-order valence-corrected chi connectivity index (χ4v) is 2.79. The topological polar surface area (TPSA) is 62.3 Å². The lowest BCUT2D eigenvalue weighted by Gasteiger charge is -2.16. The van der Waals surface area contributed by atoms with Crippen LogP contribution in [0.2, 0.25) is 0 Å². The molecule has 0 unspecified atom stereocenters. The number of hydrogen-bond donors (Lipinski definition) is 1. The first-order valence-electron chi connectivity index (χ1n) is 7.38. The molecule has 2 N–H and O–H groups in total. The van der Waals surface area contributed by atoms with Crippen molar-refractivity contribution in [1.82, 2.24) is 9.89 Å². The minimum absolute atomic E-state index is 0.317. The molecule has 0 saturated heterocycles. The number of nitrogens with two attached hydrogens (primary N) is 1. The summed E-state index contributed by atoms with van der Waals surface area (Å²) in [6.07, 6.45) is 7.55. The van der Waals surface area contributed by atoms with Crippen molar-refractivity contribution in [1.29, 1.82) is 0 Å². The van der Waals surface area contributed by atoms with Crippen LogP contribution in [-0.4, -0.2) is 23.1 Å². The molecule has 5 nitrogen and oxygen atoms in total. The summed E-state index contributed by atoms with van der Waals surface area (Å²) in [4.78, 5) is 1.33. The monoisotopic (exact) mass is 287 g/mol. The van der Waals surface area contributed by atoms with Gasteiger partial charge in [0.1, 0.15) is 0 Å². The number of methoxy groups -OCH3 is 1. The highest BCUT2D eigenvalue weighted by Gasteiger charge is 2.18. The maximum Gasteiger partial charge on any atom is 0.161 e. The van der Waals surface area contributed by atoms with Gasteiger partial charge in [-0.15, -0.1) is 0 Å². The molecule has 1 heterocycles. The molecule has 112 valence electrons. The second kappa shape index (κ2) is 6.08. The van der Waals surface area contributed by atoms with Crippen molar-refractivity contribution in [3.8, 4) is 11.5 Å². The minimum Gasteiger partial charge on any atom is -0.493 e. The molecule has 1 aromatic heterocycles. The zero-order valence-electron chi connectivity index (χ0n) is 12.3. The van der Waals surface area contributed by atoms with Gasteiger partial charge in [0.2, 0.25) is 0 Å². The summed E-state index contributed by atoms with van der Waals surface area (Å²) < 4.78 is 11.5. The van der Waals surface area contributed by atoms with Crippen LogP contribution in [0.1, 0.15) is 36.9 Å². The van der Waals surface area contributed by atoms with Crippen molar-refractivity contribution in [2.24, 2.45) is 0 Å². The highest BCUT2D eigenvalue weighted by atomic mass is 16.5. The first kappa shape index (κ1) is 13.8. The van der Waals surface area contributed by atoms with Gasteiger partial charge in [-0.3, -0.25) is 0 Å². The molecule has 1 fully saturated rings. The van der Waals surface area contributed by atoms with Crippen molar-refractivity contribution in [3.63, 3.8) is 0 Å². The number of nitrogens with zero attached hydrogens (tertiary/aromatic N) is 2. The Morgan fingerprint density at radius 2 is 2.05 bits per heavy atom. The second-order valence-electron chi connectivity index (χ2n) is 5.47. The van der Waals surface area contributed by atoms with Gasteiger partial charge in [-0.2, -0.15) is 9.89 Å². The third-order valence-corrected chi connectivity index (χ3v) is 3.87. The summed E-state index contributed by atoms with van der Waals surface area (Å²) in [5.41, 5.74) is 2.08. The Morgan fingerprint density at radius 3 is 2.71 bits per heavy atom. The molecule has 3 rings (SSSR count). The minimum atomic E-state index is 0.317. The lowest BCUT2D eigenvalue weighted by molar-refractivity contribution is 0.200. The van der Waals surface area contributed by atoms with Gasteiger partial charge >= 0.3 is 0 Å². The van der Waals surface area contributed by atoms with Crippen LogP contribution in [-0.2, 0) is 6.42 Å². The molecule has 1 aliphatic carbocycles. The average molecular weight is 287 g/mol. The highest BCUT2D eigenvalue weighted by Crippen LogP contribution is 2.32. The fourth-order valence-electron chi connectivity index (χ4n) is 2.79. The largest absolute Gasteiger partial charge is 0.493 e. The summed E-state index contributed by atoms with van der Waals surface area (Å²) >= 11 is 0. The summed E-state index contributed by atoms with van der Waals surface area (Å²) in [5, 5.41) is 4.20. The van der Waals surface area contributed by atoms with Gasteiger partial charge in [-0.25, -0.2) is 0 Å². The SMILES string of the molecule is COc1ccc(Cc2ccn(N)n2)cc1OC1CCCC1. The molecule has 0 bridgehead atoms. The Bertz CT molecular complexity index is 603. The van der Waals surface area contributed by atoms with Crippen LogP contribution >= 0.6 is 0 Å². The third-order valence-electron chi connectivity index (χ3n) is 3.87. The number of hydrogen-bond acceptors (Lipinski definition) is 4. The van der Waals surface area contributed by atoms with Gasteiger partial charge in [0, 0.05) is 12.6 Å². The van der Waals surface area contributed by atoms with Crippen LogP contribution in [0.15, 0.2) is 30.5 Å². The zero-order valence-corrected chi connectivity index (χ0v) is 12.3. The first-order valence-corrected chi connectivity index (χ1v) is 7.38. The number of rotatable bonds is 5. The second-order valence-corrected chi connectivity index (χ2v) is 5.47. The van der Waals surface area contributed by atoms with E-state index in [0.29, 0.717) is 6.10 Å². The maximum absolute atomic E-state index is 6.11. The Kier molecular flexibility index (Phi) is 3.99. The Hall–Kier alpha value is -2.17. The van der Waals surface area contributed by atoms with E-state index >= 15 is 0 Å². The van der Waals surface area contributed by atoms with E-state index in [1.54, 1.807) is 13.3 Å². The van der Waals surface area contributed by atoms with Gasteiger partial charge in [-0.05, 0) is 49.4 Å². The average Bonchev–Trinajstić information content (AvgIpc) is 3.11. The number of ether oxygens (including phenoxy) is 2. The predicted molar refractivity (Wildman–Crippen MR) is 81.1 cm³/mol. The Labute approximate surface area is 124 Å². The molecule has 1 aromatic carbocycles. The van der Waals surface area contributed by atoms with E-state index < -0.39 is 0 Å². The Morgan fingerprint density at radius 1 is 1.24 bits per heavy atom. The standard InChI is InChI=1S/C16H21N3O2/c1-20-15-7-6-12(10-13-8-9-19(17)18-13)11-16(15)21-14-4-2-3-5-14/h6-9,11,14H,2-5,10,17H2,1H3. The highest BCUT2D eigenvalue weighted by molar-refractivity contribution is 5.44. The summed E-state index contributed by atoms with van der Waals surface area (Å²) in [6, 6.07) is 7.96. The number of benzene rings is 1. The van der Waals surface area contributed by atoms with Crippen LogP contribution in [0, 0.1) is 0 Å². The Balaban J connectivity index is 1.78. The van der Waals surface area contributed by atoms with Gasteiger partial charge < -0.3 is 15.3 Å².